The summed E-state index contributed by atoms with van der Waals surface area (Å²) < 4.78 is 27.5. The van der Waals surface area contributed by atoms with Crippen LogP contribution in [0.1, 0.15) is 38.5 Å². The van der Waals surface area contributed by atoms with Gasteiger partial charge in [-0.25, -0.2) is 18.4 Å². The molecule has 0 radical (unpaired) electrons. The van der Waals surface area contributed by atoms with E-state index in [4.69, 9.17) is 17.3 Å². The van der Waals surface area contributed by atoms with E-state index in [1.807, 2.05) is 0 Å². The summed E-state index contributed by atoms with van der Waals surface area (Å²) >= 11 is 6.11. The van der Waals surface area contributed by atoms with Gasteiger partial charge in [-0.3, -0.25) is 14.7 Å². The number of halogens is 3. The summed E-state index contributed by atoms with van der Waals surface area (Å²) in [7, 11) is 0. The van der Waals surface area contributed by atoms with E-state index in [1.165, 1.54) is 12.3 Å². The monoisotopic (exact) mass is 446 g/mol. The van der Waals surface area contributed by atoms with Gasteiger partial charge in [0, 0.05) is 6.20 Å². The van der Waals surface area contributed by atoms with Crippen LogP contribution >= 0.6 is 11.6 Å². The fourth-order valence-electron chi connectivity index (χ4n) is 3.07. The number of H-pyrrole nitrogens is 1. The summed E-state index contributed by atoms with van der Waals surface area (Å²) in [5, 5.41) is 16.4. The average molecular weight is 447 g/mol. The SMILES string of the molecule is Cc1cc2nn[nH]c2c(C(N)=O)c1NC(=O)c1cc(C(F)F)nn1-c1ncccc1Cl. The first kappa shape index (κ1) is 20.3. The summed E-state index contributed by atoms with van der Waals surface area (Å²) in [4.78, 5) is 29.2. The van der Waals surface area contributed by atoms with E-state index in [0.29, 0.717) is 11.1 Å². The Balaban J connectivity index is 1.83. The quantitative estimate of drug-likeness (QED) is 0.430. The number of fused-ring (bicyclic) bond motifs is 1. The first-order valence-electron chi connectivity index (χ1n) is 8.72. The number of carbonyl (C=O) groups is 2. The van der Waals surface area contributed by atoms with Crippen molar-refractivity contribution in [3.8, 4) is 5.82 Å². The van der Waals surface area contributed by atoms with Crippen LogP contribution in [0.25, 0.3) is 16.9 Å². The number of aromatic nitrogens is 6. The highest BCUT2D eigenvalue weighted by Crippen LogP contribution is 2.29. The number of aryl methyl sites for hydroxylation is 1. The maximum absolute atomic E-state index is 13.3. The van der Waals surface area contributed by atoms with E-state index in [-0.39, 0.29) is 33.3 Å². The van der Waals surface area contributed by atoms with Gasteiger partial charge in [0.25, 0.3) is 18.2 Å². The number of aromatic amines is 1. The Labute approximate surface area is 177 Å². The zero-order chi connectivity index (χ0) is 22.3. The summed E-state index contributed by atoms with van der Waals surface area (Å²) in [6.45, 7) is 1.62. The van der Waals surface area contributed by atoms with Gasteiger partial charge in [-0.2, -0.15) is 5.10 Å². The van der Waals surface area contributed by atoms with Gasteiger partial charge in [0.15, 0.2) is 5.82 Å². The Morgan fingerprint density at radius 3 is 2.77 bits per heavy atom. The van der Waals surface area contributed by atoms with Gasteiger partial charge in [0.1, 0.15) is 22.4 Å². The lowest BCUT2D eigenvalue weighted by Gasteiger charge is -2.13. The van der Waals surface area contributed by atoms with Gasteiger partial charge in [-0.1, -0.05) is 16.8 Å². The smallest absolute Gasteiger partial charge is 0.282 e. The second-order valence-electron chi connectivity index (χ2n) is 6.44. The normalized spacial score (nSPS) is 11.3. The van der Waals surface area contributed by atoms with Crippen LogP contribution in [0.3, 0.4) is 0 Å². The highest BCUT2D eigenvalue weighted by Gasteiger charge is 2.25. The van der Waals surface area contributed by atoms with E-state index >= 15 is 0 Å². The van der Waals surface area contributed by atoms with Crippen molar-refractivity contribution >= 4 is 40.1 Å². The van der Waals surface area contributed by atoms with Gasteiger partial charge in [-0.15, -0.1) is 5.10 Å². The van der Waals surface area contributed by atoms with E-state index in [0.717, 1.165) is 10.7 Å². The number of primary amides is 1. The minimum absolute atomic E-state index is 0.0127. The number of rotatable bonds is 5. The van der Waals surface area contributed by atoms with Crippen molar-refractivity contribution in [2.45, 2.75) is 13.3 Å². The number of hydrogen-bond donors (Lipinski definition) is 3. The van der Waals surface area contributed by atoms with Crippen LogP contribution in [-0.2, 0) is 0 Å². The van der Waals surface area contributed by atoms with Gasteiger partial charge >= 0.3 is 0 Å². The zero-order valence-corrected chi connectivity index (χ0v) is 16.5. The molecule has 0 atom stereocenters. The number of benzene rings is 1. The Morgan fingerprint density at radius 1 is 1.32 bits per heavy atom. The van der Waals surface area contributed by atoms with Crippen LogP contribution in [0, 0.1) is 6.92 Å². The van der Waals surface area contributed by atoms with E-state index in [1.54, 1.807) is 19.1 Å². The molecule has 0 aliphatic carbocycles. The summed E-state index contributed by atoms with van der Waals surface area (Å²) in [6.07, 6.45) is -1.56. The lowest BCUT2D eigenvalue weighted by Crippen LogP contribution is -2.22. The largest absolute Gasteiger partial charge is 0.365 e. The molecule has 1 aromatic carbocycles. The summed E-state index contributed by atoms with van der Waals surface area (Å²) in [5.41, 5.74) is 5.66. The van der Waals surface area contributed by atoms with Gasteiger partial charge in [0.2, 0.25) is 0 Å². The number of carbonyl (C=O) groups excluding carboxylic acids is 2. The molecule has 0 spiro atoms. The molecule has 0 unspecified atom stereocenters. The van der Waals surface area contributed by atoms with Gasteiger partial charge in [0.05, 0.1) is 16.3 Å². The van der Waals surface area contributed by atoms with Crippen molar-refractivity contribution in [3.63, 3.8) is 0 Å². The fourth-order valence-corrected chi connectivity index (χ4v) is 3.27. The minimum atomic E-state index is -2.94. The van der Waals surface area contributed by atoms with Gasteiger partial charge in [-0.05, 0) is 36.8 Å². The average Bonchev–Trinajstić information content (AvgIpc) is 3.35. The van der Waals surface area contributed by atoms with Crippen LogP contribution in [0.15, 0.2) is 30.5 Å². The minimum Gasteiger partial charge on any atom is -0.365 e. The van der Waals surface area contributed by atoms with Crippen LogP contribution in [-0.4, -0.2) is 42.0 Å². The first-order chi connectivity index (χ1) is 14.8. The molecule has 2 amide bonds. The third-order valence-corrected chi connectivity index (χ3v) is 4.73. The van der Waals surface area contributed by atoms with Crippen molar-refractivity contribution in [2.75, 3.05) is 5.32 Å². The molecule has 13 heteroatoms. The maximum Gasteiger partial charge on any atom is 0.282 e. The summed E-state index contributed by atoms with van der Waals surface area (Å²) in [6, 6.07) is 5.52. The standard InChI is InChI=1S/C18H13ClF2N8O2/c1-7-5-9-14(26-28-25-9)12(16(22)30)13(7)24-18(31)11-6-10(15(20)21)27-29(11)17-8(19)3-2-4-23-17/h2-6,15H,1H3,(H2,22,30)(H,24,31)(H,25,26,28). The molecule has 10 nitrogen and oxygen atoms in total. The van der Waals surface area contributed by atoms with E-state index in [9.17, 15) is 18.4 Å². The third kappa shape index (κ3) is 3.57. The predicted octanol–water partition coefficient (Wildman–Crippen LogP) is 2.79. The van der Waals surface area contributed by atoms with Crippen molar-refractivity contribution in [1.82, 2.24) is 30.2 Å². The van der Waals surface area contributed by atoms with Crippen LogP contribution < -0.4 is 11.1 Å². The lowest BCUT2D eigenvalue weighted by molar-refractivity contribution is 0.100. The molecule has 0 saturated carbocycles. The fraction of sp³-hybridized carbons (Fsp3) is 0.111. The van der Waals surface area contributed by atoms with Crippen molar-refractivity contribution in [3.05, 3.63) is 58.0 Å². The van der Waals surface area contributed by atoms with Crippen LogP contribution in [0.5, 0.6) is 0 Å². The molecule has 158 valence electrons. The molecular formula is C18H13ClF2N8O2. The van der Waals surface area contributed by atoms with Crippen molar-refractivity contribution in [2.24, 2.45) is 5.73 Å². The Hall–Kier alpha value is -3.93. The topological polar surface area (TPSA) is 144 Å². The number of nitrogens with zero attached hydrogens (tertiary/aromatic N) is 5. The highest BCUT2D eigenvalue weighted by molar-refractivity contribution is 6.32. The Kier molecular flexibility index (Phi) is 5.07. The maximum atomic E-state index is 13.3. The molecule has 3 aromatic heterocycles. The number of amides is 2. The molecule has 3 heterocycles. The lowest BCUT2D eigenvalue weighted by atomic mass is 10.0. The Bertz CT molecular complexity index is 1330. The molecule has 0 saturated heterocycles. The second kappa shape index (κ2) is 7.72. The molecule has 0 fully saturated rings. The highest BCUT2D eigenvalue weighted by atomic mass is 35.5. The molecular weight excluding hydrogens is 434 g/mol. The molecule has 4 N–H and O–H groups in total. The van der Waals surface area contributed by atoms with Crippen molar-refractivity contribution in [1.29, 1.82) is 0 Å². The number of anilines is 1. The van der Waals surface area contributed by atoms with E-state index < -0.39 is 23.9 Å². The third-order valence-electron chi connectivity index (χ3n) is 4.43. The summed E-state index contributed by atoms with van der Waals surface area (Å²) in [5.74, 6) is -1.69. The Morgan fingerprint density at radius 2 is 2.10 bits per heavy atom. The predicted molar refractivity (Wildman–Crippen MR) is 106 cm³/mol. The van der Waals surface area contributed by atoms with E-state index in [2.05, 4.69) is 30.8 Å². The first-order valence-corrected chi connectivity index (χ1v) is 9.10. The molecule has 31 heavy (non-hydrogen) atoms. The number of pyridine rings is 1. The number of hydrogen-bond acceptors (Lipinski definition) is 6. The number of alkyl halides is 2. The molecule has 0 aliphatic rings. The zero-order valence-electron chi connectivity index (χ0n) is 15.7. The number of nitrogens with two attached hydrogens (primary N) is 1. The van der Waals surface area contributed by atoms with Crippen molar-refractivity contribution < 1.29 is 18.4 Å². The molecule has 0 bridgehead atoms. The van der Waals surface area contributed by atoms with Gasteiger partial charge < -0.3 is 11.1 Å². The van der Waals surface area contributed by atoms with Crippen LogP contribution in [0.2, 0.25) is 5.02 Å². The second-order valence-corrected chi connectivity index (χ2v) is 6.85. The molecule has 4 aromatic rings. The number of nitrogens with one attached hydrogen (secondary N) is 2. The van der Waals surface area contributed by atoms with Crippen LogP contribution in [0.4, 0.5) is 14.5 Å². The molecule has 4 rings (SSSR count). The molecule has 0 aliphatic heterocycles.